The summed E-state index contributed by atoms with van der Waals surface area (Å²) in [5.41, 5.74) is 8.00. The maximum atomic E-state index is 11.9. The summed E-state index contributed by atoms with van der Waals surface area (Å²) in [6.45, 7) is 0. The third kappa shape index (κ3) is 5.01. The number of nitrogens with two attached hydrogens (primary N) is 1. The second-order valence-corrected chi connectivity index (χ2v) is 8.27. The summed E-state index contributed by atoms with van der Waals surface area (Å²) < 4.78 is 0. The number of aromatic nitrogens is 1. The van der Waals surface area contributed by atoms with Gasteiger partial charge in [-0.2, -0.15) is 0 Å². The Morgan fingerprint density at radius 3 is 2.47 bits per heavy atom. The predicted octanol–water partition coefficient (Wildman–Crippen LogP) is 2.39. The molecule has 1 atom stereocenters. The molecule has 160 valence electrons. The topological polar surface area (TPSA) is 120 Å². The van der Waals surface area contributed by atoms with Gasteiger partial charge in [0.1, 0.15) is 5.54 Å². The molecule has 0 spiro atoms. The third-order valence-electron chi connectivity index (χ3n) is 6.32. The number of pyridine rings is 1. The number of benzene rings is 1. The zero-order valence-electron chi connectivity index (χ0n) is 17.3. The van der Waals surface area contributed by atoms with Crippen LogP contribution < -0.4 is 10.6 Å². The van der Waals surface area contributed by atoms with Gasteiger partial charge in [0.05, 0.1) is 17.6 Å². The van der Waals surface area contributed by atoms with E-state index in [9.17, 15) is 9.90 Å². The second kappa shape index (κ2) is 9.60. The number of carboxylic acid groups (broad SMARTS) is 1. The van der Waals surface area contributed by atoms with E-state index in [1.807, 2.05) is 55.7 Å². The van der Waals surface area contributed by atoms with E-state index in [2.05, 4.69) is 9.88 Å². The first kappa shape index (κ1) is 22.3. The van der Waals surface area contributed by atoms with Crippen LogP contribution >= 0.6 is 0 Å². The molecule has 1 fully saturated rings. The fourth-order valence-electron chi connectivity index (χ4n) is 4.14. The van der Waals surface area contributed by atoms with Crippen molar-refractivity contribution in [2.45, 2.75) is 50.0 Å². The minimum Gasteiger partial charge on any atom is -0.480 e. The van der Waals surface area contributed by atoms with Crippen molar-refractivity contribution in [1.82, 2.24) is 4.98 Å². The van der Waals surface area contributed by atoms with E-state index in [-0.39, 0.29) is 18.3 Å². The minimum absolute atomic E-state index is 0.0990. The number of nitrogens with zero attached hydrogens (tertiary/aromatic N) is 2. The van der Waals surface area contributed by atoms with Crippen molar-refractivity contribution in [3.8, 4) is 11.3 Å². The lowest BCUT2D eigenvalue weighted by molar-refractivity contribution is -0.147. The molecule has 1 aromatic carbocycles. The number of carbonyl (C=O) groups is 1. The van der Waals surface area contributed by atoms with Gasteiger partial charge in [0, 0.05) is 18.7 Å². The molecule has 1 aliphatic carbocycles. The highest BCUT2D eigenvalue weighted by atomic mass is 16.4. The van der Waals surface area contributed by atoms with Crippen LogP contribution in [0.3, 0.4) is 0 Å². The van der Waals surface area contributed by atoms with Crippen LogP contribution in [-0.2, 0) is 4.79 Å². The van der Waals surface area contributed by atoms with Gasteiger partial charge < -0.3 is 25.8 Å². The normalized spacial score (nSPS) is 20.1. The van der Waals surface area contributed by atoms with Crippen LogP contribution in [0.25, 0.3) is 11.3 Å². The molecule has 0 amide bonds. The van der Waals surface area contributed by atoms with Gasteiger partial charge in [0.15, 0.2) is 0 Å². The average Bonchev–Trinajstić information content (AvgIpc) is 2.70. The highest BCUT2D eigenvalue weighted by Gasteiger charge is 2.49. The van der Waals surface area contributed by atoms with Gasteiger partial charge in [-0.25, -0.2) is 0 Å². The van der Waals surface area contributed by atoms with Crippen molar-refractivity contribution in [1.29, 1.82) is 0 Å². The summed E-state index contributed by atoms with van der Waals surface area (Å²) in [4.78, 5) is 18.6. The fraction of sp³-hybridized carbons (Fsp3) is 0.455. The Labute approximate surface area is 177 Å². The summed E-state index contributed by atoms with van der Waals surface area (Å²) in [5, 5.41) is 27.6. The molecule has 30 heavy (non-hydrogen) atoms. The van der Waals surface area contributed by atoms with Gasteiger partial charge in [-0.05, 0) is 43.6 Å². The number of rotatable bonds is 10. The van der Waals surface area contributed by atoms with Crippen molar-refractivity contribution in [3.05, 3.63) is 48.7 Å². The van der Waals surface area contributed by atoms with E-state index >= 15 is 0 Å². The van der Waals surface area contributed by atoms with E-state index in [0.717, 1.165) is 16.9 Å². The zero-order valence-corrected chi connectivity index (χ0v) is 17.3. The molecule has 0 unspecified atom stereocenters. The molecule has 0 bridgehead atoms. The fourth-order valence-corrected chi connectivity index (χ4v) is 4.14. The molecular weight excluding hydrogens is 381 g/mol. The number of hydrogen-bond acceptors (Lipinski definition) is 6. The van der Waals surface area contributed by atoms with Crippen LogP contribution in [0.15, 0.2) is 48.7 Å². The van der Waals surface area contributed by atoms with Crippen LogP contribution in [0.4, 0.5) is 5.69 Å². The summed E-state index contributed by atoms with van der Waals surface area (Å²) >= 11 is 0. The highest BCUT2D eigenvalue weighted by Crippen LogP contribution is 2.41. The first-order valence-electron chi connectivity index (χ1n) is 10.4. The largest absolute Gasteiger partial charge is 0.480 e. The molecule has 1 saturated carbocycles. The zero-order chi connectivity index (χ0) is 21.7. The number of aliphatic carboxylic acids is 1. The van der Waals surface area contributed by atoms with Crippen molar-refractivity contribution in [2.75, 3.05) is 11.9 Å². The monoisotopic (exact) mass is 411 g/mol. The van der Waals surface area contributed by atoms with Crippen molar-refractivity contribution in [3.63, 3.8) is 0 Å². The smallest absolute Gasteiger partial charge is 0.451 e. The summed E-state index contributed by atoms with van der Waals surface area (Å²) in [5.74, 6) is -1.08. The lowest BCUT2D eigenvalue weighted by Gasteiger charge is -2.48. The van der Waals surface area contributed by atoms with Crippen LogP contribution in [-0.4, -0.2) is 51.9 Å². The lowest BCUT2D eigenvalue weighted by atomic mass is 9.65. The Kier molecular flexibility index (Phi) is 7.12. The third-order valence-corrected chi connectivity index (χ3v) is 6.32. The summed E-state index contributed by atoms with van der Waals surface area (Å²) in [6.07, 6.45) is 4.94. The first-order valence-corrected chi connectivity index (χ1v) is 10.4. The van der Waals surface area contributed by atoms with Crippen LogP contribution in [0, 0.1) is 5.92 Å². The molecular formula is C22H30BN3O4. The Balaban J connectivity index is 1.57. The van der Waals surface area contributed by atoms with Crippen molar-refractivity contribution in [2.24, 2.45) is 11.7 Å². The Morgan fingerprint density at radius 2 is 1.90 bits per heavy atom. The van der Waals surface area contributed by atoms with Gasteiger partial charge in [-0.1, -0.05) is 43.2 Å². The summed E-state index contributed by atoms with van der Waals surface area (Å²) in [6, 6.07) is 14.3. The van der Waals surface area contributed by atoms with E-state index < -0.39 is 18.6 Å². The number of anilines is 1. The molecule has 5 N–H and O–H groups in total. The van der Waals surface area contributed by atoms with Crippen LogP contribution in [0.5, 0.6) is 0 Å². The number of carboxylic acids is 1. The van der Waals surface area contributed by atoms with Gasteiger partial charge in [-0.15, -0.1) is 0 Å². The quantitative estimate of drug-likeness (QED) is 0.350. The summed E-state index contributed by atoms with van der Waals surface area (Å²) in [7, 11) is 0.646. The molecule has 0 aliphatic heterocycles. The van der Waals surface area contributed by atoms with Crippen LogP contribution in [0.1, 0.15) is 32.1 Å². The predicted molar refractivity (Wildman–Crippen MR) is 118 cm³/mol. The molecule has 3 rings (SSSR count). The van der Waals surface area contributed by atoms with Crippen molar-refractivity contribution >= 4 is 18.8 Å². The second-order valence-electron chi connectivity index (χ2n) is 8.27. The number of hydrogen-bond donors (Lipinski definition) is 4. The van der Waals surface area contributed by atoms with Crippen LogP contribution in [0.2, 0.25) is 6.32 Å². The first-order chi connectivity index (χ1) is 14.3. The maximum absolute atomic E-state index is 11.9. The van der Waals surface area contributed by atoms with Gasteiger partial charge in [0.25, 0.3) is 0 Å². The van der Waals surface area contributed by atoms with E-state index in [4.69, 9.17) is 15.8 Å². The molecule has 1 heterocycles. The molecule has 8 heteroatoms. The lowest BCUT2D eigenvalue weighted by Crippen LogP contribution is -2.61. The minimum atomic E-state index is -1.36. The van der Waals surface area contributed by atoms with Gasteiger partial charge in [-0.3, -0.25) is 9.78 Å². The molecule has 0 radical (unpaired) electrons. The molecule has 1 aromatic heterocycles. The van der Waals surface area contributed by atoms with E-state index in [1.165, 1.54) is 0 Å². The van der Waals surface area contributed by atoms with Gasteiger partial charge >= 0.3 is 13.1 Å². The Bertz CT molecular complexity index is 828. The molecule has 7 nitrogen and oxygen atoms in total. The molecule has 2 aromatic rings. The Morgan fingerprint density at radius 1 is 1.20 bits per heavy atom. The van der Waals surface area contributed by atoms with Gasteiger partial charge in [0.2, 0.25) is 0 Å². The maximum Gasteiger partial charge on any atom is 0.451 e. The average molecular weight is 411 g/mol. The van der Waals surface area contributed by atoms with E-state index in [1.54, 1.807) is 0 Å². The highest BCUT2D eigenvalue weighted by molar-refractivity contribution is 6.40. The van der Waals surface area contributed by atoms with E-state index in [0.29, 0.717) is 32.1 Å². The van der Waals surface area contributed by atoms with Crippen molar-refractivity contribution < 1.29 is 19.9 Å². The Hall–Kier alpha value is -2.42. The SMILES string of the molecule is CN(c1ccc(-c2ccccc2)nc1)[C@H]1C[C@H]([C@@](N)(CCCCB(O)O)C(=O)O)C1. The standard InChI is InChI=1S/C22H30BN3O4/c1-26(18-9-10-20(25-15-18)16-7-3-2-4-8-16)19-13-17(14-19)22(24,21(27)28)11-5-6-12-23(29)30/h2-4,7-10,15,17,19,29-30H,5-6,11-14,24H2,1H3,(H,27,28)/t17-,19-,22-/m0/s1. The molecule has 1 aliphatic rings. The molecule has 0 saturated heterocycles. The number of unbranched alkanes of at least 4 members (excludes halogenated alkanes) is 1.